The number of ether oxygens (including phenoxy) is 1. The van der Waals surface area contributed by atoms with E-state index in [0.29, 0.717) is 0 Å². The van der Waals surface area contributed by atoms with Crippen LogP contribution in [0.15, 0.2) is 36.6 Å². The van der Waals surface area contributed by atoms with E-state index in [1.807, 2.05) is 24.3 Å². The molecular formula is C9H38O16. The lowest BCUT2D eigenvalue weighted by Gasteiger charge is -2.09. The van der Waals surface area contributed by atoms with Crippen molar-refractivity contribution < 1.29 is 86.9 Å². The second-order valence-electron chi connectivity index (χ2n) is 2.30. The maximum atomic E-state index is 5.24. The van der Waals surface area contributed by atoms with Gasteiger partial charge in [-0.05, 0) is 24.1 Å². The summed E-state index contributed by atoms with van der Waals surface area (Å²) in [6.45, 7) is 0. The summed E-state index contributed by atoms with van der Waals surface area (Å²) in [4.78, 5) is 0. The molecule has 30 N–H and O–H groups in total. The summed E-state index contributed by atoms with van der Waals surface area (Å²) in [6.07, 6.45) is 4.75. The molecule has 0 amide bonds. The van der Waals surface area contributed by atoms with Gasteiger partial charge in [-0.3, -0.25) is 0 Å². The van der Waals surface area contributed by atoms with Crippen molar-refractivity contribution in [3.63, 3.8) is 0 Å². The van der Waals surface area contributed by atoms with E-state index in [0.717, 1.165) is 12.2 Å². The average Bonchev–Trinajstić information content (AvgIpc) is 2.05. The molecule has 1 heterocycles. The largest absolute Gasteiger partial charge is 0.465 e. The molecule has 16 nitrogen and oxygen atoms in total. The zero-order chi connectivity index (χ0) is 6.81. The fourth-order valence-corrected chi connectivity index (χ4v) is 1.08. The van der Waals surface area contributed by atoms with Crippen LogP contribution in [-0.2, 0) is 6.42 Å². The van der Waals surface area contributed by atoms with Crippen LogP contribution in [-0.4, -0.2) is 82.1 Å². The minimum atomic E-state index is 0. The summed E-state index contributed by atoms with van der Waals surface area (Å²) < 4.78 is 5.24. The SMILES string of the molecule is C1=COc2ccccc2C1.O.O.O.O.O.O.O.O.O.O.O.O.O.O.O. The predicted octanol–water partition coefficient (Wildman–Crippen LogP) is -10.2. The molecule has 0 saturated carbocycles. The molecule has 1 aromatic carbocycles. The van der Waals surface area contributed by atoms with Crippen LogP contribution in [0.25, 0.3) is 0 Å². The molecule has 2 rings (SSSR count). The Morgan fingerprint density at radius 1 is 0.520 bits per heavy atom. The van der Waals surface area contributed by atoms with Crippen LogP contribution >= 0.6 is 0 Å². The third kappa shape index (κ3) is 34.5. The summed E-state index contributed by atoms with van der Waals surface area (Å²) >= 11 is 0. The van der Waals surface area contributed by atoms with Gasteiger partial charge in [0, 0.05) is 0 Å². The Kier molecular flexibility index (Phi) is 364. The molecule has 0 bridgehead atoms. The highest BCUT2D eigenvalue weighted by atomic mass is 16.5. The van der Waals surface area contributed by atoms with Crippen molar-refractivity contribution in [2.75, 3.05) is 0 Å². The minimum absolute atomic E-state index is 0. The number of hydrogen-bond acceptors (Lipinski definition) is 1. The molecule has 0 radical (unpaired) electrons. The van der Waals surface area contributed by atoms with Crippen LogP contribution in [0.3, 0.4) is 0 Å². The maximum Gasteiger partial charge on any atom is 0.130 e. The normalized spacial score (nSPS) is 5.60. The fourth-order valence-electron chi connectivity index (χ4n) is 1.08. The third-order valence-electron chi connectivity index (χ3n) is 1.60. The topological polar surface area (TPSA) is 482 Å². The van der Waals surface area contributed by atoms with Gasteiger partial charge in [-0.1, -0.05) is 18.2 Å². The van der Waals surface area contributed by atoms with Crippen LogP contribution in [0, 0.1) is 0 Å². The van der Waals surface area contributed by atoms with Crippen LogP contribution in [0.4, 0.5) is 0 Å². The number of hydrogen-bond donors (Lipinski definition) is 0. The first kappa shape index (κ1) is 136. The summed E-state index contributed by atoms with van der Waals surface area (Å²) in [7, 11) is 0. The quantitative estimate of drug-likeness (QED) is 0.400. The van der Waals surface area contributed by atoms with E-state index in [1.54, 1.807) is 6.26 Å². The number of benzene rings is 1. The molecular weight excluding hydrogens is 364 g/mol. The summed E-state index contributed by atoms with van der Waals surface area (Å²) in [5, 5.41) is 0. The first-order valence-corrected chi connectivity index (χ1v) is 3.36. The molecule has 0 aromatic heterocycles. The van der Waals surface area contributed by atoms with E-state index in [9.17, 15) is 0 Å². The van der Waals surface area contributed by atoms with Gasteiger partial charge < -0.3 is 86.9 Å². The van der Waals surface area contributed by atoms with Gasteiger partial charge in [0.15, 0.2) is 0 Å². The van der Waals surface area contributed by atoms with Gasteiger partial charge in [-0.25, -0.2) is 0 Å². The van der Waals surface area contributed by atoms with E-state index >= 15 is 0 Å². The molecule has 0 fully saturated rings. The highest BCUT2D eigenvalue weighted by molar-refractivity contribution is 5.36. The van der Waals surface area contributed by atoms with Crippen molar-refractivity contribution in [3.05, 3.63) is 42.2 Å². The molecule has 25 heavy (non-hydrogen) atoms. The van der Waals surface area contributed by atoms with Gasteiger partial charge in [0.1, 0.15) is 5.75 Å². The van der Waals surface area contributed by atoms with Gasteiger partial charge in [0.05, 0.1) is 6.26 Å². The molecule has 1 aliphatic heterocycles. The highest BCUT2D eigenvalue weighted by Crippen LogP contribution is 2.21. The number of para-hydroxylation sites is 1. The Bertz CT molecular complexity index is 255. The fraction of sp³-hybridized carbons (Fsp3) is 0.111. The van der Waals surface area contributed by atoms with E-state index in [-0.39, 0.29) is 82.1 Å². The first-order valence-electron chi connectivity index (χ1n) is 3.36. The van der Waals surface area contributed by atoms with Crippen LogP contribution in [0.1, 0.15) is 5.56 Å². The van der Waals surface area contributed by atoms with Crippen LogP contribution in [0.2, 0.25) is 0 Å². The molecule has 1 aliphatic rings. The first-order chi connectivity index (χ1) is 4.97. The van der Waals surface area contributed by atoms with Crippen molar-refractivity contribution in [1.82, 2.24) is 0 Å². The zero-order valence-corrected chi connectivity index (χ0v) is 13.1. The second kappa shape index (κ2) is 67.1. The van der Waals surface area contributed by atoms with E-state index in [1.165, 1.54) is 5.56 Å². The lowest BCUT2D eigenvalue weighted by atomic mass is 10.1. The average molecular weight is 402 g/mol. The Labute approximate surface area is 142 Å². The molecule has 1 aromatic rings. The smallest absolute Gasteiger partial charge is 0.130 e. The molecule has 0 aliphatic carbocycles. The van der Waals surface area contributed by atoms with E-state index in [2.05, 4.69) is 6.07 Å². The Balaban J connectivity index is -0.00000000672. The van der Waals surface area contributed by atoms with Gasteiger partial charge in [-0.2, -0.15) is 0 Å². The van der Waals surface area contributed by atoms with E-state index < -0.39 is 0 Å². The predicted molar refractivity (Wildman–Crippen MR) is 94.1 cm³/mol. The number of fused-ring (bicyclic) bond motifs is 1. The molecule has 170 valence electrons. The molecule has 0 unspecified atom stereocenters. The molecule has 16 heteroatoms. The maximum absolute atomic E-state index is 5.24. The molecule has 0 saturated heterocycles. The van der Waals surface area contributed by atoms with Gasteiger partial charge in [0.25, 0.3) is 0 Å². The number of rotatable bonds is 0. The van der Waals surface area contributed by atoms with Crippen molar-refractivity contribution in [2.24, 2.45) is 0 Å². The van der Waals surface area contributed by atoms with E-state index in [4.69, 9.17) is 4.74 Å². The zero-order valence-electron chi connectivity index (χ0n) is 13.1. The standard InChI is InChI=1S/C9H8O.15H2O/c1-2-6-9-8(4-1)5-3-7-10-9;;;;;;;;;;;;;;;/h1-4,6-7H,5H2;15*1H2. The Morgan fingerprint density at radius 2 is 0.880 bits per heavy atom. The van der Waals surface area contributed by atoms with Gasteiger partial charge >= 0.3 is 0 Å². The van der Waals surface area contributed by atoms with Crippen LogP contribution < -0.4 is 4.74 Å². The highest BCUT2D eigenvalue weighted by Gasteiger charge is 2.02. The van der Waals surface area contributed by atoms with Crippen molar-refractivity contribution in [1.29, 1.82) is 0 Å². The Morgan fingerprint density at radius 3 is 1.24 bits per heavy atom. The van der Waals surface area contributed by atoms with Gasteiger partial charge in [0.2, 0.25) is 0 Å². The summed E-state index contributed by atoms with van der Waals surface area (Å²) in [6, 6.07) is 8.08. The monoisotopic (exact) mass is 402 g/mol. The van der Waals surface area contributed by atoms with Crippen LogP contribution in [0.5, 0.6) is 5.75 Å². The second-order valence-corrected chi connectivity index (χ2v) is 2.30. The van der Waals surface area contributed by atoms with Crippen molar-refractivity contribution in [2.45, 2.75) is 6.42 Å². The Hall–Kier alpha value is -1.84. The third-order valence-corrected chi connectivity index (χ3v) is 1.60. The summed E-state index contributed by atoms with van der Waals surface area (Å²) in [5.74, 6) is 0.991. The molecule has 0 atom stereocenters. The van der Waals surface area contributed by atoms with Gasteiger partial charge in [-0.15, -0.1) is 0 Å². The van der Waals surface area contributed by atoms with Crippen molar-refractivity contribution in [3.8, 4) is 5.75 Å². The van der Waals surface area contributed by atoms with Crippen molar-refractivity contribution >= 4 is 0 Å². The lowest BCUT2D eigenvalue weighted by Crippen LogP contribution is -1.94. The summed E-state index contributed by atoms with van der Waals surface area (Å²) in [5.41, 5.74) is 1.27. The minimum Gasteiger partial charge on any atom is -0.465 e. The molecule has 0 spiro atoms. The number of allylic oxidation sites excluding steroid dienone is 1. The lowest BCUT2D eigenvalue weighted by molar-refractivity contribution is 0.464.